The van der Waals surface area contributed by atoms with Crippen molar-refractivity contribution in [3.05, 3.63) is 51.2 Å². The number of thiazole rings is 1. The predicted octanol–water partition coefficient (Wildman–Crippen LogP) is 3.79. The topological polar surface area (TPSA) is 88.3 Å². The third kappa shape index (κ3) is 5.75. The Bertz CT molecular complexity index is 1050. The molecule has 11 heteroatoms. The van der Waals surface area contributed by atoms with E-state index in [1.54, 1.807) is 27.1 Å². The Labute approximate surface area is 199 Å². The molecule has 3 rings (SSSR count). The molecule has 1 fully saturated rings. The van der Waals surface area contributed by atoms with Gasteiger partial charge in [0.15, 0.2) is 0 Å². The SMILES string of the molecule is Cc1ncc(C(CC(=O)NCC(Cc2ccc(C(N)=O)c(F)c2)N(C)C)C2(C(F)(F)F)CC2)s1. The van der Waals surface area contributed by atoms with Gasteiger partial charge >= 0.3 is 6.18 Å². The highest BCUT2D eigenvalue weighted by Crippen LogP contribution is 2.66. The Kier molecular flexibility index (Phi) is 7.66. The molecule has 3 N–H and O–H groups in total. The van der Waals surface area contributed by atoms with Crippen molar-refractivity contribution in [3.63, 3.8) is 0 Å². The van der Waals surface area contributed by atoms with E-state index in [2.05, 4.69) is 10.3 Å². The van der Waals surface area contributed by atoms with Gasteiger partial charge in [-0.15, -0.1) is 11.3 Å². The number of hydrogen-bond acceptors (Lipinski definition) is 5. The van der Waals surface area contributed by atoms with Gasteiger partial charge in [-0.2, -0.15) is 13.2 Å². The molecule has 1 saturated carbocycles. The minimum Gasteiger partial charge on any atom is -0.366 e. The standard InChI is InChI=1S/C23H28F4N4O2S/c1-13-29-12-19(34-13)17(22(6-7-22)23(25,26)27)10-20(32)30-11-15(31(2)3)8-14-4-5-16(21(28)33)18(24)9-14/h4-5,9,12,15,17H,6-8,10-11H2,1-3H3,(H2,28,33)(H,30,32). The lowest BCUT2D eigenvalue weighted by Crippen LogP contribution is -2.42. The van der Waals surface area contributed by atoms with Gasteiger partial charge in [0.1, 0.15) is 5.82 Å². The molecule has 2 atom stereocenters. The molecule has 0 spiro atoms. The van der Waals surface area contributed by atoms with Gasteiger partial charge in [0, 0.05) is 36.0 Å². The number of alkyl halides is 3. The van der Waals surface area contributed by atoms with Crippen molar-refractivity contribution in [2.75, 3.05) is 20.6 Å². The van der Waals surface area contributed by atoms with E-state index in [4.69, 9.17) is 5.73 Å². The van der Waals surface area contributed by atoms with Crippen LogP contribution in [0.4, 0.5) is 17.6 Å². The normalized spacial score (nSPS) is 16.8. The van der Waals surface area contributed by atoms with Gasteiger partial charge in [0.05, 0.1) is 16.0 Å². The Balaban J connectivity index is 1.68. The number of amides is 2. The lowest BCUT2D eigenvalue weighted by Gasteiger charge is -2.29. The van der Waals surface area contributed by atoms with E-state index >= 15 is 0 Å². The molecule has 1 heterocycles. The van der Waals surface area contributed by atoms with E-state index in [-0.39, 0.29) is 37.4 Å². The van der Waals surface area contributed by atoms with E-state index in [0.717, 1.165) is 0 Å². The monoisotopic (exact) mass is 500 g/mol. The third-order valence-electron chi connectivity index (χ3n) is 6.43. The molecular weight excluding hydrogens is 472 g/mol. The van der Waals surface area contributed by atoms with Crippen LogP contribution >= 0.6 is 11.3 Å². The van der Waals surface area contributed by atoms with Gasteiger partial charge in [0.2, 0.25) is 5.91 Å². The summed E-state index contributed by atoms with van der Waals surface area (Å²) in [6.45, 7) is 1.89. The Morgan fingerprint density at radius 1 is 1.29 bits per heavy atom. The van der Waals surface area contributed by atoms with E-state index in [1.165, 1.54) is 29.7 Å². The molecule has 6 nitrogen and oxygen atoms in total. The second-order valence-corrected chi connectivity index (χ2v) is 10.3. The molecule has 0 aliphatic heterocycles. The van der Waals surface area contributed by atoms with Crippen LogP contribution in [0.5, 0.6) is 0 Å². The summed E-state index contributed by atoms with van der Waals surface area (Å²) in [6.07, 6.45) is -2.90. The number of halogens is 4. The van der Waals surface area contributed by atoms with Crippen LogP contribution < -0.4 is 11.1 Å². The first-order valence-corrected chi connectivity index (χ1v) is 11.7. The lowest BCUT2D eigenvalue weighted by atomic mass is 9.84. The fourth-order valence-corrected chi connectivity index (χ4v) is 5.16. The van der Waals surface area contributed by atoms with Crippen LogP contribution in [0.25, 0.3) is 0 Å². The van der Waals surface area contributed by atoms with Crippen LogP contribution in [0.15, 0.2) is 24.4 Å². The summed E-state index contributed by atoms with van der Waals surface area (Å²) in [5, 5.41) is 3.41. The molecule has 0 radical (unpaired) electrons. The number of aryl methyl sites for hydroxylation is 1. The average Bonchev–Trinajstić information content (AvgIpc) is 3.44. The smallest absolute Gasteiger partial charge is 0.366 e. The van der Waals surface area contributed by atoms with E-state index in [9.17, 15) is 27.2 Å². The molecule has 2 aromatic rings. The van der Waals surface area contributed by atoms with Crippen LogP contribution in [0, 0.1) is 18.2 Å². The largest absolute Gasteiger partial charge is 0.395 e. The molecule has 186 valence electrons. The van der Waals surface area contributed by atoms with E-state index < -0.39 is 35.1 Å². The average molecular weight is 501 g/mol. The van der Waals surface area contributed by atoms with Crippen molar-refractivity contribution < 1.29 is 27.2 Å². The number of benzene rings is 1. The second-order valence-electron chi connectivity index (χ2n) is 9.00. The van der Waals surface area contributed by atoms with Crippen molar-refractivity contribution in [1.82, 2.24) is 15.2 Å². The van der Waals surface area contributed by atoms with Crippen LogP contribution in [0.3, 0.4) is 0 Å². The predicted molar refractivity (Wildman–Crippen MR) is 121 cm³/mol. The number of nitrogens with one attached hydrogen (secondary N) is 1. The highest BCUT2D eigenvalue weighted by molar-refractivity contribution is 7.11. The summed E-state index contributed by atoms with van der Waals surface area (Å²) in [7, 11) is 3.58. The molecule has 1 aromatic heterocycles. The zero-order valence-electron chi connectivity index (χ0n) is 19.2. The van der Waals surface area contributed by atoms with Crippen molar-refractivity contribution in [2.24, 2.45) is 11.1 Å². The number of hydrogen-bond donors (Lipinski definition) is 2. The third-order valence-corrected chi connectivity index (χ3v) is 7.45. The molecule has 1 aliphatic rings. The van der Waals surface area contributed by atoms with Gasteiger partial charge in [-0.3, -0.25) is 9.59 Å². The molecule has 0 bridgehead atoms. The van der Waals surface area contributed by atoms with Crippen molar-refractivity contribution in [1.29, 1.82) is 0 Å². The molecule has 2 unspecified atom stereocenters. The maximum Gasteiger partial charge on any atom is 0.395 e. The minimum atomic E-state index is -4.40. The number of nitrogens with two attached hydrogens (primary N) is 1. The Morgan fingerprint density at radius 2 is 1.97 bits per heavy atom. The molecule has 2 amide bonds. The number of carbonyl (C=O) groups excluding carboxylic acids is 2. The number of likely N-dealkylation sites (N-methyl/N-ethyl adjacent to an activating group) is 1. The van der Waals surface area contributed by atoms with Gasteiger partial charge in [-0.1, -0.05) is 6.07 Å². The van der Waals surface area contributed by atoms with Crippen LogP contribution in [0.1, 0.15) is 51.0 Å². The number of carbonyl (C=O) groups is 2. The molecule has 1 aromatic carbocycles. The van der Waals surface area contributed by atoms with E-state index in [1.807, 2.05) is 4.90 Å². The fourth-order valence-electron chi connectivity index (χ4n) is 4.16. The number of primary amides is 1. The van der Waals surface area contributed by atoms with Crippen LogP contribution in [-0.2, 0) is 11.2 Å². The Hall–Kier alpha value is -2.53. The zero-order valence-corrected chi connectivity index (χ0v) is 20.0. The van der Waals surface area contributed by atoms with Gasteiger partial charge in [0.25, 0.3) is 5.91 Å². The van der Waals surface area contributed by atoms with Crippen LogP contribution in [-0.4, -0.2) is 54.6 Å². The molecule has 34 heavy (non-hydrogen) atoms. The molecule has 0 saturated heterocycles. The van der Waals surface area contributed by atoms with Crippen LogP contribution in [0.2, 0.25) is 0 Å². The number of rotatable bonds is 10. The summed E-state index contributed by atoms with van der Waals surface area (Å²) in [5.41, 5.74) is 3.64. The summed E-state index contributed by atoms with van der Waals surface area (Å²) < 4.78 is 55.7. The lowest BCUT2D eigenvalue weighted by molar-refractivity contribution is -0.194. The maximum absolute atomic E-state index is 14.1. The minimum absolute atomic E-state index is 0.00141. The first kappa shape index (κ1) is 26.1. The summed E-state index contributed by atoms with van der Waals surface area (Å²) in [4.78, 5) is 30.4. The summed E-state index contributed by atoms with van der Waals surface area (Å²) in [6, 6.07) is 3.88. The van der Waals surface area contributed by atoms with E-state index in [0.29, 0.717) is 21.9 Å². The van der Waals surface area contributed by atoms with Crippen molar-refractivity contribution >= 4 is 23.2 Å². The number of nitrogens with zero attached hydrogens (tertiary/aromatic N) is 2. The van der Waals surface area contributed by atoms with Gasteiger partial charge in [-0.25, -0.2) is 9.37 Å². The second kappa shape index (κ2) is 9.99. The molecule has 1 aliphatic carbocycles. The highest BCUT2D eigenvalue weighted by Gasteiger charge is 2.67. The van der Waals surface area contributed by atoms with Crippen molar-refractivity contribution in [3.8, 4) is 0 Å². The number of aromatic nitrogens is 1. The van der Waals surface area contributed by atoms with Gasteiger partial charge in [-0.05, 0) is 58.0 Å². The Morgan fingerprint density at radius 3 is 2.44 bits per heavy atom. The maximum atomic E-state index is 14.1. The zero-order chi connectivity index (χ0) is 25.3. The first-order valence-electron chi connectivity index (χ1n) is 10.8. The van der Waals surface area contributed by atoms with Gasteiger partial charge < -0.3 is 16.0 Å². The summed E-state index contributed by atoms with van der Waals surface area (Å²) in [5.74, 6) is -3.05. The highest BCUT2D eigenvalue weighted by atomic mass is 32.1. The van der Waals surface area contributed by atoms with Crippen molar-refractivity contribution in [2.45, 2.75) is 50.7 Å². The quantitative estimate of drug-likeness (QED) is 0.486. The first-order chi connectivity index (χ1) is 15.8. The summed E-state index contributed by atoms with van der Waals surface area (Å²) >= 11 is 1.19. The molecular formula is C23H28F4N4O2S. The fraction of sp³-hybridized carbons (Fsp3) is 0.522.